The Bertz CT molecular complexity index is 167. The monoisotopic (exact) mass is 160 g/mol. The van der Waals surface area contributed by atoms with Crippen molar-refractivity contribution in [1.82, 2.24) is 0 Å². The molecule has 12 heavy (non-hydrogen) atoms. The lowest BCUT2D eigenvalue weighted by molar-refractivity contribution is 0.482. The van der Waals surface area contributed by atoms with Crippen molar-refractivity contribution in [3.63, 3.8) is 0 Å². The first-order valence-corrected chi connectivity index (χ1v) is 4.33. The molecule has 0 aromatic heterocycles. The lowest BCUT2D eigenvalue weighted by Crippen LogP contribution is -2.19. The maximum Gasteiger partial charge on any atom is 0.107 e. The van der Waals surface area contributed by atoms with Crippen molar-refractivity contribution in [2.75, 3.05) is 0 Å². The summed E-state index contributed by atoms with van der Waals surface area (Å²) in [4.78, 5) is 0. The van der Waals surface area contributed by atoms with E-state index in [0.717, 1.165) is 10.9 Å². The van der Waals surface area contributed by atoms with Gasteiger partial charge in [0.05, 0.1) is 0 Å². The minimum absolute atomic E-state index is 0.0304. The van der Waals surface area contributed by atoms with E-state index in [1.807, 2.05) is 0 Å². The van der Waals surface area contributed by atoms with Crippen LogP contribution in [0.25, 0.3) is 0 Å². The van der Waals surface area contributed by atoms with Crippen LogP contribution < -0.4 is 0 Å². The second kappa shape index (κ2) is 3.32. The normalized spacial score (nSPS) is 15.8. The third-order valence-corrected chi connectivity index (χ3v) is 1.91. The second-order valence-electron chi connectivity index (χ2n) is 5.33. The predicted molar refractivity (Wildman–Crippen MR) is 57.4 cm³/mol. The zero-order chi connectivity index (χ0) is 10.2. The van der Waals surface area contributed by atoms with Gasteiger partial charge in [0, 0.05) is 0 Å². The van der Waals surface area contributed by atoms with Gasteiger partial charge in [0.2, 0.25) is 0 Å². The molecule has 0 unspecified atom stereocenters. The molecule has 64 valence electrons. The van der Waals surface area contributed by atoms with Gasteiger partial charge in [-0.05, 0) is 10.8 Å². The van der Waals surface area contributed by atoms with Crippen molar-refractivity contribution in [3.8, 4) is 0 Å². The van der Waals surface area contributed by atoms with Crippen LogP contribution in [0.5, 0.6) is 0 Å². The molecular weight excluding hydrogens is 142 g/mol. The van der Waals surface area contributed by atoms with Crippen LogP contribution >= 0.6 is 0 Å². The smallest absolute Gasteiger partial charge is 0.107 e. The predicted octanol–water partition coefficient (Wildman–Crippen LogP) is 2.63. The van der Waals surface area contributed by atoms with E-state index >= 15 is 0 Å². The topological polar surface area (TPSA) is 0 Å². The van der Waals surface area contributed by atoms with Gasteiger partial charge in [-0.15, -0.1) is 10.9 Å². The highest BCUT2D eigenvalue weighted by Crippen LogP contribution is 2.32. The molecule has 0 aromatic rings. The van der Waals surface area contributed by atoms with Crippen molar-refractivity contribution in [1.29, 1.82) is 0 Å². The van der Waals surface area contributed by atoms with Gasteiger partial charge in [-0.1, -0.05) is 41.5 Å². The van der Waals surface area contributed by atoms with Crippen LogP contribution in [0.15, 0.2) is 10.9 Å². The summed E-state index contributed by atoms with van der Waals surface area (Å²) in [6.45, 7) is 12.4. The highest BCUT2D eigenvalue weighted by atomic mass is 14.2. The van der Waals surface area contributed by atoms with Crippen LogP contribution in [0.1, 0.15) is 41.5 Å². The van der Waals surface area contributed by atoms with E-state index in [1.54, 1.807) is 0 Å². The minimum atomic E-state index is -0.0304. The Labute approximate surface area is 79.6 Å². The fourth-order valence-electron chi connectivity index (χ4n) is 0.808. The highest BCUT2D eigenvalue weighted by molar-refractivity contribution is 6.32. The number of hydrogen-bond donors (Lipinski definition) is 0. The Morgan fingerprint density at radius 2 is 0.833 bits per heavy atom. The summed E-state index contributed by atoms with van der Waals surface area (Å²) in [7, 11) is 11.9. The maximum atomic E-state index is 5.94. The van der Waals surface area contributed by atoms with E-state index in [0.29, 0.717) is 0 Å². The molecule has 0 bridgehead atoms. The molecule has 0 aliphatic heterocycles. The summed E-state index contributed by atoms with van der Waals surface area (Å²) < 4.78 is 0. The molecule has 2 heteroatoms. The fourth-order valence-corrected chi connectivity index (χ4v) is 0.808. The molecular formula is C10H18B2. The molecule has 4 radical (unpaired) electrons. The van der Waals surface area contributed by atoms with Crippen LogP contribution in [0.2, 0.25) is 0 Å². The van der Waals surface area contributed by atoms with E-state index in [9.17, 15) is 0 Å². The Balaban J connectivity index is 4.96. The van der Waals surface area contributed by atoms with Crippen molar-refractivity contribution in [3.05, 3.63) is 10.9 Å². The Morgan fingerprint density at radius 3 is 0.917 bits per heavy atom. The summed E-state index contributed by atoms with van der Waals surface area (Å²) in [5.74, 6) is 0. The first kappa shape index (κ1) is 11.9. The van der Waals surface area contributed by atoms with E-state index < -0.39 is 0 Å². The number of rotatable bonds is 0. The molecule has 0 atom stereocenters. The van der Waals surface area contributed by atoms with Crippen LogP contribution in [0.3, 0.4) is 0 Å². The zero-order valence-electron chi connectivity index (χ0n) is 9.15. The first-order chi connectivity index (χ1) is 5.07. The molecule has 0 nitrogen and oxygen atoms in total. The highest BCUT2D eigenvalue weighted by Gasteiger charge is 2.20. The zero-order valence-corrected chi connectivity index (χ0v) is 9.15. The third-order valence-electron chi connectivity index (χ3n) is 1.91. The molecule has 0 N–H and O–H groups in total. The maximum absolute atomic E-state index is 5.94. The summed E-state index contributed by atoms with van der Waals surface area (Å²) in [6.07, 6.45) is 0. The molecule has 0 fully saturated rings. The standard InChI is InChI=1S/C10H18B2/c1-9(2,3)7(11)8(12)10(4,5)6/h1-6H3/b8-7-. The van der Waals surface area contributed by atoms with Gasteiger partial charge in [-0.2, -0.15) is 0 Å². The third kappa shape index (κ3) is 3.08. The molecule has 0 amide bonds. The quantitative estimate of drug-likeness (QED) is 0.477. The van der Waals surface area contributed by atoms with E-state index in [2.05, 4.69) is 41.5 Å². The fraction of sp³-hybridized carbons (Fsp3) is 0.800. The summed E-state index contributed by atoms with van der Waals surface area (Å²) >= 11 is 0. The Morgan fingerprint density at radius 1 is 0.667 bits per heavy atom. The van der Waals surface area contributed by atoms with Crippen LogP contribution in [-0.2, 0) is 0 Å². The summed E-state index contributed by atoms with van der Waals surface area (Å²) in [5.41, 5.74) is 1.54. The van der Waals surface area contributed by atoms with Gasteiger partial charge in [-0.3, -0.25) is 0 Å². The van der Waals surface area contributed by atoms with Gasteiger partial charge < -0.3 is 0 Å². The molecule has 0 spiro atoms. The minimum Gasteiger partial charge on any atom is -0.123 e. The average molecular weight is 160 g/mol. The average Bonchev–Trinajstić information content (AvgIpc) is 1.80. The van der Waals surface area contributed by atoms with Gasteiger partial charge >= 0.3 is 0 Å². The SMILES string of the molecule is [B]/C(=C(\[B])C(C)(C)C)C(C)(C)C. The molecule has 0 heterocycles. The number of allylic oxidation sites excluding steroid dienone is 2. The molecule has 0 saturated heterocycles. The summed E-state index contributed by atoms with van der Waals surface area (Å²) in [5, 5.41) is 0. The van der Waals surface area contributed by atoms with Crippen molar-refractivity contribution in [2.45, 2.75) is 41.5 Å². The largest absolute Gasteiger partial charge is 0.123 e. The van der Waals surface area contributed by atoms with Crippen molar-refractivity contribution < 1.29 is 0 Å². The van der Waals surface area contributed by atoms with Gasteiger partial charge in [-0.25, -0.2) is 0 Å². The van der Waals surface area contributed by atoms with E-state index in [4.69, 9.17) is 15.7 Å². The molecule has 0 aromatic carbocycles. The molecule has 0 saturated carbocycles. The molecule has 0 aliphatic rings. The Hall–Kier alpha value is -0.130. The molecule has 0 rings (SSSR count). The lowest BCUT2D eigenvalue weighted by atomic mass is 9.61. The van der Waals surface area contributed by atoms with E-state index in [-0.39, 0.29) is 10.8 Å². The number of hydrogen-bond acceptors (Lipinski definition) is 0. The molecule has 0 aliphatic carbocycles. The van der Waals surface area contributed by atoms with Gasteiger partial charge in [0.15, 0.2) is 0 Å². The van der Waals surface area contributed by atoms with Crippen molar-refractivity contribution in [2.24, 2.45) is 10.8 Å². The lowest BCUT2D eigenvalue weighted by Gasteiger charge is -2.30. The van der Waals surface area contributed by atoms with Crippen LogP contribution in [0.4, 0.5) is 0 Å². The first-order valence-electron chi connectivity index (χ1n) is 4.33. The van der Waals surface area contributed by atoms with Gasteiger partial charge in [0.25, 0.3) is 0 Å². The Kier molecular flexibility index (Phi) is 3.28. The van der Waals surface area contributed by atoms with Crippen LogP contribution in [-0.4, -0.2) is 15.7 Å². The second-order valence-corrected chi connectivity index (χ2v) is 5.33. The van der Waals surface area contributed by atoms with Crippen LogP contribution in [0, 0.1) is 10.8 Å². The van der Waals surface area contributed by atoms with E-state index in [1.165, 1.54) is 0 Å². The summed E-state index contributed by atoms with van der Waals surface area (Å²) in [6, 6.07) is 0. The van der Waals surface area contributed by atoms with Crippen molar-refractivity contribution >= 4 is 15.7 Å². The van der Waals surface area contributed by atoms with Gasteiger partial charge in [0.1, 0.15) is 15.7 Å².